The number of carbonyl (C=O) groups excluding carboxylic acids is 1. The zero-order valence-corrected chi connectivity index (χ0v) is 16.5. The molecule has 0 aliphatic carbocycles. The minimum Gasteiger partial charge on any atom is -0.497 e. The van der Waals surface area contributed by atoms with Crippen molar-refractivity contribution < 1.29 is 19.0 Å². The number of methoxy groups -OCH3 is 1. The van der Waals surface area contributed by atoms with Gasteiger partial charge in [0.25, 0.3) is 5.91 Å². The summed E-state index contributed by atoms with van der Waals surface area (Å²) >= 11 is 0. The van der Waals surface area contributed by atoms with Gasteiger partial charge in [0.2, 0.25) is 0 Å². The van der Waals surface area contributed by atoms with Crippen LogP contribution in [0, 0.1) is 6.92 Å². The molecule has 0 bridgehead atoms. The highest BCUT2D eigenvalue weighted by Gasteiger charge is 2.35. The van der Waals surface area contributed by atoms with Gasteiger partial charge in [0.1, 0.15) is 22.8 Å². The summed E-state index contributed by atoms with van der Waals surface area (Å²) in [6, 6.07) is 13.2. The number of hydrogen-bond acceptors (Lipinski definition) is 4. The fourth-order valence-corrected chi connectivity index (χ4v) is 3.25. The van der Waals surface area contributed by atoms with Crippen molar-refractivity contribution in [3.8, 4) is 17.2 Å². The summed E-state index contributed by atoms with van der Waals surface area (Å²) in [7, 11) is 1.63. The molecule has 27 heavy (non-hydrogen) atoms. The van der Waals surface area contributed by atoms with Crippen molar-refractivity contribution in [3.05, 3.63) is 53.6 Å². The molecular formula is C22H27NO4. The second-order valence-electron chi connectivity index (χ2n) is 7.60. The van der Waals surface area contributed by atoms with Crippen LogP contribution in [0.2, 0.25) is 0 Å². The van der Waals surface area contributed by atoms with Gasteiger partial charge in [-0.25, -0.2) is 0 Å². The second-order valence-corrected chi connectivity index (χ2v) is 7.60. The summed E-state index contributed by atoms with van der Waals surface area (Å²) in [4.78, 5) is 12.7. The van der Waals surface area contributed by atoms with Crippen LogP contribution in [0.3, 0.4) is 0 Å². The van der Waals surface area contributed by atoms with E-state index in [9.17, 15) is 4.79 Å². The molecule has 5 heteroatoms. The molecule has 5 nitrogen and oxygen atoms in total. The highest BCUT2D eigenvalue weighted by Crippen LogP contribution is 2.41. The van der Waals surface area contributed by atoms with Crippen molar-refractivity contribution in [2.24, 2.45) is 0 Å². The van der Waals surface area contributed by atoms with Crippen LogP contribution in [0.15, 0.2) is 42.5 Å². The van der Waals surface area contributed by atoms with Gasteiger partial charge in [-0.15, -0.1) is 0 Å². The van der Waals surface area contributed by atoms with Crippen LogP contribution in [0.25, 0.3) is 0 Å². The van der Waals surface area contributed by atoms with E-state index in [1.54, 1.807) is 14.0 Å². The molecule has 0 saturated carbocycles. The van der Waals surface area contributed by atoms with Crippen molar-refractivity contribution in [3.63, 3.8) is 0 Å². The van der Waals surface area contributed by atoms with Crippen LogP contribution in [0.1, 0.15) is 44.4 Å². The standard InChI is InChI=1S/C22H27NO4/c1-14-6-8-16(9-7-14)26-15(2)21(24)23-19-13-22(3,4)27-20-11-10-17(25-5)12-18(19)20/h6-12,15,19H,13H2,1-5H3,(H,23,24)/t15-,19-/m0/s1. The van der Waals surface area contributed by atoms with Crippen molar-refractivity contribution in [2.45, 2.75) is 51.9 Å². The lowest BCUT2D eigenvalue weighted by Gasteiger charge is -2.38. The Bertz CT molecular complexity index is 814. The molecule has 2 aromatic carbocycles. The Hall–Kier alpha value is -2.69. The van der Waals surface area contributed by atoms with Gasteiger partial charge in [-0.05, 0) is 58.0 Å². The van der Waals surface area contributed by atoms with Gasteiger partial charge in [0, 0.05) is 12.0 Å². The molecule has 0 unspecified atom stereocenters. The number of fused-ring (bicyclic) bond motifs is 1. The highest BCUT2D eigenvalue weighted by molar-refractivity contribution is 5.81. The van der Waals surface area contributed by atoms with Crippen LogP contribution >= 0.6 is 0 Å². The number of nitrogens with one attached hydrogen (secondary N) is 1. The summed E-state index contributed by atoms with van der Waals surface area (Å²) in [5.41, 5.74) is 1.69. The van der Waals surface area contributed by atoms with Crippen molar-refractivity contribution >= 4 is 5.91 Å². The Kier molecular flexibility index (Phi) is 5.31. The zero-order chi connectivity index (χ0) is 19.6. The largest absolute Gasteiger partial charge is 0.497 e. The fourth-order valence-electron chi connectivity index (χ4n) is 3.25. The Balaban J connectivity index is 1.75. The van der Waals surface area contributed by atoms with E-state index < -0.39 is 6.10 Å². The fraction of sp³-hybridized carbons (Fsp3) is 0.409. The minimum atomic E-state index is -0.604. The minimum absolute atomic E-state index is 0.160. The lowest BCUT2D eigenvalue weighted by atomic mass is 9.89. The number of hydrogen-bond donors (Lipinski definition) is 1. The summed E-state index contributed by atoms with van der Waals surface area (Å²) < 4.78 is 17.2. The van der Waals surface area contributed by atoms with Crippen molar-refractivity contribution in [1.29, 1.82) is 0 Å². The molecule has 144 valence electrons. The summed E-state index contributed by atoms with van der Waals surface area (Å²) in [6.07, 6.45) is 0.0589. The van der Waals surface area contributed by atoms with Crippen molar-refractivity contribution in [2.75, 3.05) is 7.11 Å². The molecular weight excluding hydrogens is 342 g/mol. The number of rotatable bonds is 5. The van der Waals surface area contributed by atoms with Crippen LogP contribution in [-0.4, -0.2) is 24.7 Å². The maximum Gasteiger partial charge on any atom is 0.261 e. The van der Waals surface area contributed by atoms with Gasteiger partial charge in [-0.3, -0.25) is 4.79 Å². The Morgan fingerprint density at radius 3 is 2.52 bits per heavy atom. The molecule has 0 radical (unpaired) electrons. The van der Waals surface area contributed by atoms with E-state index in [1.807, 2.05) is 63.2 Å². The van der Waals surface area contributed by atoms with Gasteiger partial charge >= 0.3 is 0 Å². The van der Waals surface area contributed by atoms with E-state index in [4.69, 9.17) is 14.2 Å². The van der Waals surface area contributed by atoms with E-state index in [-0.39, 0.29) is 17.6 Å². The predicted octanol–water partition coefficient (Wildman–Crippen LogP) is 4.19. The predicted molar refractivity (Wildman–Crippen MR) is 104 cm³/mol. The molecule has 1 aliphatic heterocycles. The maximum atomic E-state index is 12.7. The lowest BCUT2D eigenvalue weighted by molar-refractivity contribution is -0.128. The van der Waals surface area contributed by atoms with Gasteiger partial charge in [0.15, 0.2) is 6.10 Å². The van der Waals surface area contributed by atoms with Crippen LogP contribution in [-0.2, 0) is 4.79 Å². The average Bonchev–Trinajstić information content (AvgIpc) is 2.62. The van der Waals surface area contributed by atoms with E-state index in [2.05, 4.69) is 5.32 Å². The summed E-state index contributed by atoms with van der Waals surface area (Å²) in [5.74, 6) is 2.02. The normalized spacial score (nSPS) is 18.6. The Morgan fingerprint density at radius 2 is 1.85 bits per heavy atom. The van der Waals surface area contributed by atoms with Crippen LogP contribution < -0.4 is 19.5 Å². The Morgan fingerprint density at radius 1 is 1.19 bits per heavy atom. The van der Waals surface area contributed by atoms with Crippen LogP contribution in [0.5, 0.6) is 17.2 Å². The number of ether oxygens (including phenoxy) is 3. The molecule has 0 spiro atoms. The number of aryl methyl sites for hydroxylation is 1. The van der Waals surface area contributed by atoms with Gasteiger partial charge in [-0.1, -0.05) is 17.7 Å². The third-order valence-corrected chi connectivity index (χ3v) is 4.69. The van der Waals surface area contributed by atoms with Gasteiger partial charge in [-0.2, -0.15) is 0 Å². The number of carbonyl (C=O) groups is 1. The molecule has 3 rings (SSSR count). The first kappa shape index (κ1) is 19.1. The molecule has 1 amide bonds. The lowest BCUT2D eigenvalue weighted by Crippen LogP contribution is -2.44. The molecule has 1 aliphatic rings. The Labute approximate surface area is 160 Å². The monoisotopic (exact) mass is 369 g/mol. The first-order chi connectivity index (χ1) is 12.8. The van der Waals surface area contributed by atoms with E-state index in [0.717, 1.165) is 22.6 Å². The number of benzene rings is 2. The second kappa shape index (κ2) is 7.51. The van der Waals surface area contributed by atoms with Crippen molar-refractivity contribution in [1.82, 2.24) is 5.32 Å². The highest BCUT2D eigenvalue weighted by atomic mass is 16.5. The molecule has 0 saturated heterocycles. The van der Waals surface area contributed by atoms with E-state index in [0.29, 0.717) is 12.2 Å². The average molecular weight is 369 g/mol. The molecule has 2 atom stereocenters. The smallest absolute Gasteiger partial charge is 0.261 e. The van der Waals surface area contributed by atoms with E-state index in [1.165, 1.54) is 0 Å². The molecule has 1 N–H and O–H groups in total. The zero-order valence-electron chi connectivity index (χ0n) is 16.5. The maximum absolute atomic E-state index is 12.7. The van der Waals surface area contributed by atoms with Gasteiger partial charge in [0.05, 0.1) is 13.2 Å². The van der Waals surface area contributed by atoms with Gasteiger partial charge < -0.3 is 19.5 Å². The quantitative estimate of drug-likeness (QED) is 0.859. The third-order valence-electron chi connectivity index (χ3n) is 4.69. The summed E-state index contributed by atoms with van der Waals surface area (Å²) in [6.45, 7) is 7.81. The molecule has 1 heterocycles. The third kappa shape index (κ3) is 4.54. The topological polar surface area (TPSA) is 56.8 Å². The molecule has 2 aromatic rings. The number of amides is 1. The molecule has 0 aromatic heterocycles. The van der Waals surface area contributed by atoms with E-state index >= 15 is 0 Å². The van der Waals surface area contributed by atoms with Crippen LogP contribution in [0.4, 0.5) is 0 Å². The molecule has 0 fully saturated rings. The first-order valence-corrected chi connectivity index (χ1v) is 9.18. The summed E-state index contributed by atoms with van der Waals surface area (Å²) in [5, 5.41) is 3.11. The SMILES string of the molecule is COc1ccc2c(c1)[C@@H](NC(=O)[C@H](C)Oc1ccc(C)cc1)CC(C)(C)O2. The first-order valence-electron chi connectivity index (χ1n) is 9.18.